The molecule has 0 radical (unpaired) electrons. The highest BCUT2D eigenvalue weighted by Gasteiger charge is 2.36. The molecule has 1 N–H and O–H groups in total. The third-order valence-electron chi connectivity index (χ3n) is 6.28. The molecule has 3 fully saturated rings. The molecule has 0 aliphatic carbocycles. The zero-order valence-corrected chi connectivity index (χ0v) is 14.8. The van der Waals surface area contributed by atoms with Crippen molar-refractivity contribution < 1.29 is 9.18 Å². The van der Waals surface area contributed by atoms with Gasteiger partial charge in [0.05, 0.1) is 6.04 Å². The molecule has 0 aromatic heterocycles. The quantitative estimate of drug-likeness (QED) is 0.913. The smallest absolute Gasteiger partial charge is 0.239 e. The maximum absolute atomic E-state index is 13.1. The van der Waals surface area contributed by atoms with E-state index in [4.69, 9.17) is 0 Å². The summed E-state index contributed by atoms with van der Waals surface area (Å²) in [6.07, 6.45) is 4.29. The Kier molecular flexibility index (Phi) is 5.04. The standard InChI is InChI=1S/C20H28FN3O/c21-18-5-3-15(4-6-18)14-24-9-1-2-19(24)20(25)23-10-7-16-12-22-13-17(16)8-11-23/h3-6,16-17,19,22H,1-2,7-14H2/t16-,17+,19?. The van der Waals surface area contributed by atoms with E-state index in [1.807, 2.05) is 12.1 Å². The number of nitrogens with one attached hydrogen (secondary N) is 1. The molecule has 4 nitrogen and oxygen atoms in total. The zero-order chi connectivity index (χ0) is 17.2. The molecule has 1 unspecified atom stereocenters. The van der Waals surface area contributed by atoms with Crippen molar-refractivity contribution in [3.63, 3.8) is 0 Å². The Bertz CT molecular complexity index is 591. The molecule has 0 saturated carbocycles. The van der Waals surface area contributed by atoms with Crippen LogP contribution >= 0.6 is 0 Å². The van der Waals surface area contributed by atoms with Crippen LogP contribution in [-0.2, 0) is 11.3 Å². The first kappa shape index (κ1) is 17.0. The molecule has 3 heterocycles. The van der Waals surface area contributed by atoms with Crippen molar-refractivity contribution in [1.82, 2.24) is 15.1 Å². The minimum atomic E-state index is -0.206. The number of benzene rings is 1. The molecule has 0 bridgehead atoms. The van der Waals surface area contributed by atoms with Gasteiger partial charge in [-0.15, -0.1) is 0 Å². The number of hydrogen-bond donors (Lipinski definition) is 1. The van der Waals surface area contributed by atoms with E-state index in [9.17, 15) is 9.18 Å². The fourth-order valence-corrected chi connectivity index (χ4v) is 4.77. The first-order valence-electron chi connectivity index (χ1n) is 9.69. The van der Waals surface area contributed by atoms with Crippen LogP contribution in [0.4, 0.5) is 4.39 Å². The van der Waals surface area contributed by atoms with Gasteiger partial charge in [-0.25, -0.2) is 4.39 Å². The van der Waals surface area contributed by atoms with E-state index in [0.29, 0.717) is 5.91 Å². The van der Waals surface area contributed by atoms with Crippen LogP contribution < -0.4 is 5.32 Å². The highest BCUT2D eigenvalue weighted by Crippen LogP contribution is 2.29. The first-order valence-corrected chi connectivity index (χ1v) is 9.69. The van der Waals surface area contributed by atoms with Gasteiger partial charge >= 0.3 is 0 Å². The van der Waals surface area contributed by atoms with Gasteiger partial charge in [0, 0.05) is 19.6 Å². The van der Waals surface area contributed by atoms with E-state index in [2.05, 4.69) is 15.1 Å². The molecule has 5 heteroatoms. The Hall–Kier alpha value is -1.46. The van der Waals surface area contributed by atoms with Gasteiger partial charge in [0.25, 0.3) is 0 Å². The summed E-state index contributed by atoms with van der Waals surface area (Å²) in [6.45, 7) is 5.74. The van der Waals surface area contributed by atoms with Crippen LogP contribution in [0.3, 0.4) is 0 Å². The molecule has 136 valence electrons. The van der Waals surface area contributed by atoms with Crippen LogP contribution in [-0.4, -0.2) is 54.5 Å². The highest BCUT2D eigenvalue weighted by atomic mass is 19.1. The summed E-state index contributed by atoms with van der Waals surface area (Å²) in [4.78, 5) is 17.5. The van der Waals surface area contributed by atoms with Crippen molar-refractivity contribution in [1.29, 1.82) is 0 Å². The van der Waals surface area contributed by atoms with E-state index < -0.39 is 0 Å². The monoisotopic (exact) mass is 345 g/mol. The molecular formula is C20H28FN3O. The van der Waals surface area contributed by atoms with Crippen molar-refractivity contribution in [3.05, 3.63) is 35.6 Å². The Morgan fingerprint density at radius 2 is 1.72 bits per heavy atom. The summed E-state index contributed by atoms with van der Waals surface area (Å²) in [5.74, 6) is 1.60. The van der Waals surface area contributed by atoms with E-state index in [1.54, 1.807) is 0 Å². The van der Waals surface area contributed by atoms with Gasteiger partial charge < -0.3 is 10.2 Å². The van der Waals surface area contributed by atoms with Gasteiger partial charge in [0.2, 0.25) is 5.91 Å². The molecular weight excluding hydrogens is 317 g/mol. The van der Waals surface area contributed by atoms with E-state index >= 15 is 0 Å². The topological polar surface area (TPSA) is 35.6 Å². The minimum Gasteiger partial charge on any atom is -0.341 e. The summed E-state index contributed by atoms with van der Waals surface area (Å²) in [6, 6.07) is 6.67. The van der Waals surface area contributed by atoms with Crippen molar-refractivity contribution >= 4 is 5.91 Å². The van der Waals surface area contributed by atoms with Gasteiger partial charge in [-0.1, -0.05) is 12.1 Å². The number of amides is 1. The lowest BCUT2D eigenvalue weighted by Crippen LogP contribution is -2.46. The van der Waals surface area contributed by atoms with Crippen molar-refractivity contribution in [3.8, 4) is 0 Å². The zero-order valence-electron chi connectivity index (χ0n) is 14.8. The summed E-state index contributed by atoms with van der Waals surface area (Å²) < 4.78 is 13.1. The molecule has 3 aliphatic heterocycles. The Balaban J connectivity index is 1.39. The average Bonchev–Trinajstić information content (AvgIpc) is 3.22. The van der Waals surface area contributed by atoms with Crippen LogP contribution in [0.2, 0.25) is 0 Å². The van der Waals surface area contributed by atoms with Crippen LogP contribution in [0.5, 0.6) is 0 Å². The maximum atomic E-state index is 13.1. The van der Waals surface area contributed by atoms with Gasteiger partial charge in [-0.3, -0.25) is 9.69 Å². The van der Waals surface area contributed by atoms with Crippen molar-refractivity contribution in [2.45, 2.75) is 38.3 Å². The van der Waals surface area contributed by atoms with Crippen LogP contribution in [0.15, 0.2) is 24.3 Å². The first-order chi connectivity index (χ1) is 12.2. The second-order valence-corrected chi connectivity index (χ2v) is 7.84. The Labute approximate surface area is 149 Å². The summed E-state index contributed by atoms with van der Waals surface area (Å²) in [5.41, 5.74) is 1.08. The number of nitrogens with zero attached hydrogens (tertiary/aromatic N) is 2. The highest BCUT2D eigenvalue weighted by molar-refractivity contribution is 5.82. The van der Waals surface area contributed by atoms with Crippen LogP contribution in [0.1, 0.15) is 31.2 Å². The molecule has 3 atom stereocenters. The number of carbonyl (C=O) groups is 1. The Morgan fingerprint density at radius 3 is 2.40 bits per heavy atom. The van der Waals surface area contributed by atoms with Crippen molar-refractivity contribution in [2.75, 3.05) is 32.7 Å². The molecule has 1 amide bonds. The van der Waals surface area contributed by atoms with E-state index in [0.717, 1.165) is 82.4 Å². The molecule has 0 spiro atoms. The Morgan fingerprint density at radius 1 is 1.04 bits per heavy atom. The molecule has 25 heavy (non-hydrogen) atoms. The van der Waals surface area contributed by atoms with Crippen molar-refractivity contribution in [2.24, 2.45) is 11.8 Å². The predicted molar refractivity (Wildman–Crippen MR) is 95.5 cm³/mol. The van der Waals surface area contributed by atoms with E-state index in [-0.39, 0.29) is 11.9 Å². The lowest BCUT2D eigenvalue weighted by Gasteiger charge is -2.30. The summed E-state index contributed by atoms with van der Waals surface area (Å²) >= 11 is 0. The maximum Gasteiger partial charge on any atom is 0.239 e. The number of likely N-dealkylation sites (tertiary alicyclic amines) is 2. The largest absolute Gasteiger partial charge is 0.341 e. The molecule has 3 saturated heterocycles. The molecule has 1 aromatic rings. The second kappa shape index (κ2) is 7.42. The van der Waals surface area contributed by atoms with Gasteiger partial charge in [0.15, 0.2) is 0 Å². The lowest BCUT2D eigenvalue weighted by atomic mass is 9.92. The third-order valence-corrected chi connectivity index (χ3v) is 6.28. The summed E-state index contributed by atoms with van der Waals surface area (Å²) in [5, 5.41) is 3.49. The SMILES string of the molecule is O=C(C1CCCN1Cc1ccc(F)cc1)N1CC[C@@H]2CNC[C@@H]2CC1. The number of carbonyl (C=O) groups excluding carboxylic acids is 1. The fraction of sp³-hybridized carbons (Fsp3) is 0.650. The van der Waals surface area contributed by atoms with Gasteiger partial charge in [-0.2, -0.15) is 0 Å². The molecule has 1 aromatic carbocycles. The van der Waals surface area contributed by atoms with Crippen LogP contribution in [0, 0.1) is 17.7 Å². The van der Waals surface area contributed by atoms with Gasteiger partial charge in [-0.05, 0) is 74.8 Å². The third kappa shape index (κ3) is 3.72. The average molecular weight is 345 g/mol. The predicted octanol–water partition coefficient (Wildman–Crippen LogP) is 2.25. The fourth-order valence-electron chi connectivity index (χ4n) is 4.77. The second-order valence-electron chi connectivity index (χ2n) is 7.84. The molecule has 4 rings (SSSR count). The normalized spacial score (nSPS) is 30.3. The lowest BCUT2D eigenvalue weighted by molar-refractivity contribution is -0.136. The number of fused-ring (bicyclic) bond motifs is 1. The van der Waals surface area contributed by atoms with Gasteiger partial charge in [0.1, 0.15) is 5.82 Å². The number of hydrogen-bond acceptors (Lipinski definition) is 3. The molecule has 3 aliphatic rings. The number of rotatable bonds is 3. The van der Waals surface area contributed by atoms with E-state index in [1.165, 1.54) is 12.1 Å². The van der Waals surface area contributed by atoms with Crippen LogP contribution in [0.25, 0.3) is 0 Å². The summed E-state index contributed by atoms with van der Waals surface area (Å²) in [7, 11) is 0. The minimum absolute atomic E-state index is 0.00104. The number of halogens is 1.